The second-order valence-electron chi connectivity index (χ2n) is 12.6. The van der Waals surface area contributed by atoms with Gasteiger partial charge in [0.2, 0.25) is 0 Å². The molecule has 1 spiro atoms. The van der Waals surface area contributed by atoms with Crippen molar-refractivity contribution in [1.29, 1.82) is 0 Å². The zero-order valence-electron chi connectivity index (χ0n) is 23.4. The quantitative estimate of drug-likeness (QED) is 0.403. The van der Waals surface area contributed by atoms with E-state index in [9.17, 15) is 14.0 Å². The van der Waals surface area contributed by atoms with Crippen LogP contribution in [0.5, 0.6) is 0 Å². The SMILES string of the molecule is COC(=O)c1ccc(C(C2CC2)N2C(=O)C(c3cc(C)c(C)c(F)c3)=NC23CCC(C(C)(C)C)CC3)cc1. The smallest absolute Gasteiger partial charge is 0.337 e. The van der Waals surface area contributed by atoms with Gasteiger partial charge in [-0.2, -0.15) is 0 Å². The van der Waals surface area contributed by atoms with E-state index in [4.69, 9.17) is 9.73 Å². The van der Waals surface area contributed by atoms with Crippen LogP contribution in [0.25, 0.3) is 0 Å². The van der Waals surface area contributed by atoms with Gasteiger partial charge in [0.05, 0.1) is 18.7 Å². The van der Waals surface area contributed by atoms with Gasteiger partial charge in [-0.05, 0) is 111 Å². The van der Waals surface area contributed by atoms with Gasteiger partial charge in [0.25, 0.3) is 5.91 Å². The molecule has 2 fully saturated rings. The molecular formula is C32H39FN2O3. The number of carbonyl (C=O) groups excluding carboxylic acids is 2. The summed E-state index contributed by atoms with van der Waals surface area (Å²) in [6.45, 7) is 10.5. The molecule has 2 aromatic rings. The fourth-order valence-electron chi connectivity index (χ4n) is 6.42. The molecule has 5 nitrogen and oxygen atoms in total. The molecule has 38 heavy (non-hydrogen) atoms. The standard InChI is InChI=1S/C32H39FN2O3/c1-19-17-24(18-26(33)20(19)2)27-29(36)35(32(34-27)15-13-25(14-16-32)31(3,4)5)28(21-7-8-21)22-9-11-23(12-10-22)30(37)38-6/h9-12,17-18,21,25,28H,7-8,13-16H2,1-6H3. The van der Waals surface area contributed by atoms with Crippen molar-refractivity contribution < 1.29 is 18.7 Å². The maximum atomic E-state index is 14.8. The van der Waals surface area contributed by atoms with Crippen LogP contribution in [0.1, 0.15) is 97.9 Å². The molecule has 2 saturated carbocycles. The van der Waals surface area contributed by atoms with Gasteiger partial charge in [-0.3, -0.25) is 9.79 Å². The van der Waals surface area contributed by atoms with Crippen molar-refractivity contribution in [2.75, 3.05) is 7.11 Å². The number of hydrogen-bond donors (Lipinski definition) is 0. The number of carbonyl (C=O) groups is 2. The van der Waals surface area contributed by atoms with Crippen molar-refractivity contribution in [2.45, 2.75) is 84.8 Å². The van der Waals surface area contributed by atoms with Crippen LogP contribution in [-0.4, -0.2) is 35.3 Å². The Morgan fingerprint density at radius 2 is 1.71 bits per heavy atom. The van der Waals surface area contributed by atoms with E-state index < -0.39 is 5.66 Å². The summed E-state index contributed by atoms with van der Waals surface area (Å²) in [6, 6.07) is 10.7. The van der Waals surface area contributed by atoms with E-state index in [0.717, 1.165) is 49.7 Å². The molecule has 1 atom stereocenters. The maximum absolute atomic E-state index is 14.8. The van der Waals surface area contributed by atoms with Crippen LogP contribution < -0.4 is 0 Å². The fourth-order valence-corrected chi connectivity index (χ4v) is 6.42. The molecule has 0 bridgehead atoms. The first kappa shape index (κ1) is 26.6. The van der Waals surface area contributed by atoms with Crippen molar-refractivity contribution >= 4 is 17.6 Å². The highest BCUT2D eigenvalue weighted by Gasteiger charge is 2.55. The van der Waals surface area contributed by atoms with Gasteiger partial charge in [0.15, 0.2) is 0 Å². The number of benzene rings is 2. The van der Waals surface area contributed by atoms with Gasteiger partial charge in [0, 0.05) is 5.56 Å². The van der Waals surface area contributed by atoms with E-state index in [1.165, 1.54) is 13.2 Å². The summed E-state index contributed by atoms with van der Waals surface area (Å²) < 4.78 is 19.7. The lowest BCUT2D eigenvalue weighted by atomic mass is 9.69. The molecule has 1 amide bonds. The highest BCUT2D eigenvalue weighted by Crippen LogP contribution is 2.54. The summed E-state index contributed by atoms with van der Waals surface area (Å²) in [5.41, 5.74) is 3.39. The first-order valence-electron chi connectivity index (χ1n) is 13.8. The number of hydrogen-bond acceptors (Lipinski definition) is 4. The predicted molar refractivity (Wildman–Crippen MR) is 147 cm³/mol. The highest BCUT2D eigenvalue weighted by atomic mass is 19.1. The van der Waals surface area contributed by atoms with E-state index in [1.54, 1.807) is 19.1 Å². The largest absolute Gasteiger partial charge is 0.465 e. The van der Waals surface area contributed by atoms with Crippen molar-refractivity contribution in [1.82, 2.24) is 4.90 Å². The van der Waals surface area contributed by atoms with Crippen LogP contribution in [0.3, 0.4) is 0 Å². The van der Waals surface area contributed by atoms with Gasteiger partial charge in [-0.1, -0.05) is 32.9 Å². The fraction of sp³-hybridized carbons (Fsp3) is 0.531. The van der Waals surface area contributed by atoms with Gasteiger partial charge in [-0.25, -0.2) is 9.18 Å². The predicted octanol–water partition coefficient (Wildman–Crippen LogP) is 6.94. The summed E-state index contributed by atoms with van der Waals surface area (Å²) in [6.07, 6.45) is 5.65. The number of halogens is 1. The van der Waals surface area contributed by atoms with Crippen molar-refractivity contribution in [3.63, 3.8) is 0 Å². The second-order valence-corrected chi connectivity index (χ2v) is 12.6. The van der Waals surface area contributed by atoms with Crippen LogP contribution in [-0.2, 0) is 9.53 Å². The molecule has 2 aromatic carbocycles. The molecule has 0 radical (unpaired) electrons. The van der Waals surface area contributed by atoms with Crippen molar-refractivity contribution in [2.24, 2.45) is 22.2 Å². The lowest BCUT2D eigenvalue weighted by Crippen LogP contribution is -2.52. The number of amides is 1. The minimum Gasteiger partial charge on any atom is -0.465 e. The molecule has 5 rings (SSSR count). The Bertz CT molecular complexity index is 1260. The van der Waals surface area contributed by atoms with Crippen molar-refractivity contribution in [3.05, 3.63) is 70.0 Å². The summed E-state index contributed by atoms with van der Waals surface area (Å²) in [4.78, 5) is 33.6. The molecule has 1 heterocycles. The Morgan fingerprint density at radius 1 is 1.08 bits per heavy atom. The molecule has 0 aromatic heterocycles. The Hall–Kier alpha value is -3.02. The van der Waals surface area contributed by atoms with Crippen LogP contribution in [0.15, 0.2) is 41.4 Å². The Kier molecular flexibility index (Phi) is 6.73. The van der Waals surface area contributed by atoms with Gasteiger partial charge >= 0.3 is 5.97 Å². The monoisotopic (exact) mass is 518 g/mol. The summed E-state index contributed by atoms with van der Waals surface area (Å²) in [5, 5.41) is 0. The molecule has 2 aliphatic carbocycles. The van der Waals surface area contributed by atoms with E-state index in [2.05, 4.69) is 20.8 Å². The van der Waals surface area contributed by atoms with E-state index >= 15 is 0 Å². The van der Waals surface area contributed by atoms with E-state index in [0.29, 0.717) is 34.2 Å². The Morgan fingerprint density at radius 3 is 2.24 bits per heavy atom. The first-order chi connectivity index (χ1) is 17.9. The maximum Gasteiger partial charge on any atom is 0.337 e. The summed E-state index contributed by atoms with van der Waals surface area (Å²) in [5.74, 6) is 0.0943. The minimum atomic E-state index is -0.641. The third-order valence-electron chi connectivity index (χ3n) is 9.10. The molecular weight excluding hydrogens is 479 g/mol. The molecule has 1 unspecified atom stereocenters. The molecule has 202 valence electrons. The van der Waals surface area contributed by atoms with Crippen molar-refractivity contribution in [3.8, 4) is 0 Å². The number of esters is 1. The number of rotatable bonds is 5. The lowest BCUT2D eigenvalue weighted by Gasteiger charge is -2.47. The van der Waals surface area contributed by atoms with Gasteiger partial charge < -0.3 is 9.64 Å². The zero-order chi connectivity index (χ0) is 27.4. The first-order valence-corrected chi connectivity index (χ1v) is 13.8. The van der Waals surface area contributed by atoms with E-state index in [1.807, 2.05) is 30.0 Å². The van der Waals surface area contributed by atoms with Crippen LogP contribution >= 0.6 is 0 Å². The lowest BCUT2D eigenvalue weighted by molar-refractivity contribution is -0.134. The van der Waals surface area contributed by atoms with Crippen LogP contribution in [0, 0.1) is 36.9 Å². The van der Waals surface area contributed by atoms with E-state index in [-0.39, 0.29) is 29.2 Å². The topological polar surface area (TPSA) is 59.0 Å². The van der Waals surface area contributed by atoms with Crippen LogP contribution in [0.4, 0.5) is 4.39 Å². The number of ether oxygens (including phenoxy) is 1. The average Bonchev–Trinajstić information content (AvgIpc) is 3.69. The third kappa shape index (κ3) is 4.67. The molecule has 1 aliphatic heterocycles. The highest BCUT2D eigenvalue weighted by molar-refractivity contribution is 6.46. The molecule has 3 aliphatic rings. The van der Waals surface area contributed by atoms with Gasteiger partial charge in [0.1, 0.15) is 17.2 Å². The zero-order valence-corrected chi connectivity index (χ0v) is 23.4. The number of methoxy groups -OCH3 is 1. The van der Waals surface area contributed by atoms with Crippen LogP contribution in [0.2, 0.25) is 0 Å². The summed E-state index contributed by atoms with van der Waals surface area (Å²) >= 11 is 0. The Labute approximate surface area is 225 Å². The second kappa shape index (κ2) is 9.62. The molecule has 0 N–H and O–H groups in total. The molecule has 0 saturated heterocycles. The number of nitrogens with zero attached hydrogens (tertiary/aromatic N) is 2. The normalized spacial score (nSPS) is 24.5. The molecule has 6 heteroatoms. The third-order valence-corrected chi connectivity index (χ3v) is 9.10. The average molecular weight is 519 g/mol. The number of aryl methyl sites for hydroxylation is 1. The minimum absolute atomic E-state index is 0.115. The number of aliphatic imine (C=N–C) groups is 1. The summed E-state index contributed by atoms with van der Waals surface area (Å²) in [7, 11) is 1.37. The Balaban J connectivity index is 1.58. The van der Waals surface area contributed by atoms with Gasteiger partial charge in [-0.15, -0.1) is 0 Å².